The summed E-state index contributed by atoms with van der Waals surface area (Å²) >= 11 is 1.85. The zero-order chi connectivity index (χ0) is 12.3. The Balaban J connectivity index is 2.00. The topological polar surface area (TPSA) is 28.2 Å². The maximum absolute atomic E-state index is 4.66. The maximum Gasteiger partial charge on any atom is 0.107 e. The molecule has 2 heterocycles. The van der Waals surface area contributed by atoms with Crippen LogP contribution in [0, 0.1) is 13.8 Å². The van der Waals surface area contributed by atoms with Gasteiger partial charge in [0, 0.05) is 30.6 Å². The van der Waals surface area contributed by atoms with E-state index in [2.05, 4.69) is 36.0 Å². The molecule has 1 saturated heterocycles. The van der Waals surface area contributed by atoms with Gasteiger partial charge in [0.2, 0.25) is 0 Å². The van der Waals surface area contributed by atoms with Crippen molar-refractivity contribution in [3.63, 3.8) is 0 Å². The monoisotopic (exact) mass is 253 g/mol. The van der Waals surface area contributed by atoms with Crippen LogP contribution in [0.25, 0.3) is 0 Å². The van der Waals surface area contributed by atoms with Crippen LogP contribution < -0.4 is 5.32 Å². The molecule has 1 aromatic rings. The average molecular weight is 253 g/mol. The Labute approximate surface area is 108 Å². The van der Waals surface area contributed by atoms with Crippen molar-refractivity contribution in [2.45, 2.75) is 46.2 Å². The minimum atomic E-state index is 0.693. The molecule has 0 aromatic carbocycles. The molecule has 0 amide bonds. The van der Waals surface area contributed by atoms with Gasteiger partial charge in [-0.15, -0.1) is 11.3 Å². The fraction of sp³-hybridized carbons (Fsp3) is 0.769. The summed E-state index contributed by atoms with van der Waals surface area (Å²) in [7, 11) is 0. The lowest BCUT2D eigenvalue weighted by atomic mass is 10.1. The summed E-state index contributed by atoms with van der Waals surface area (Å²) in [6, 6.07) is 0.693. The summed E-state index contributed by atoms with van der Waals surface area (Å²) in [6.07, 6.45) is 2.55. The number of hydrogen-bond donors (Lipinski definition) is 1. The number of piperazine rings is 1. The predicted octanol–water partition coefficient (Wildman–Crippen LogP) is 2.33. The molecule has 1 aliphatic rings. The lowest BCUT2D eigenvalue weighted by Gasteiger charge is -2.35. The first-order valence-electron chi connectivity index (χ1n) is 6.58. The van der Waals surface area contributed by atoms with Crippen molar-refractivity contribution < 1.29 is 0 Å². The van der Waals surface area contributed by atoms with Crippen LogP contribution in [0.3, 0.4) is 0 Å². The standard InChI is InChI=1S/C13H23N3S/c1-4-5-12-8-14-6-7-16(12)9-13-15-10(2)11(3)17-13/h12,14H,4-9H2,1-3H3. The molecule has 2 rings (SSSR count). The van der Waals surface area contributed by atoms with E-state index in [0.717, 1.165) is 26.2 Å². The second kappa shape index (κ2) is 5.94. The highest BCUT2D eigenvalue weighted by molar-refractivity contribution is 7.11. The molecule has 1 fully saturated rings. The highest BCUT2D eigenvalue weighted by atomic mass is 32.1. The number of aromatic nitrogens is 1. The quantitative estimate of drug-likeness (QED) is 0.892. The summed E-state index contributed by atoms with van der Waals surface area (Å²) < 4.78 is 0. The Kier molecular flexibility index (Phi) is 4.54. The van der Waals surface area contributed by atoms with E-state index < -0.39 is 0 Å². The first kappa shape index (κ1) is 13.0. The van der Waals surface area contributed by atoms with Crippen molar-refractivity contribution in [1.29, 1.82) is 0 Å². The van der Waals surface area contributed by atoms with Crippen LogP contribution in [0.4, 0.5) is 0 Å². The zero-order valence-electron chi connectivity index (χ0n) is 11.1. The second-order valence-electron chi connectivity index (χ2n) is 4.87. The third-order valence-electron chi connectivity index (χ3n) is 3.51. The summed E-state index contributed by atoms with van der Waals surface area (Å²) in [5.41, 5.74) is 1.20. The second-order valence-corrected chi connectivity index (χ2v) is 6.15. The highest BCUT2D eigenvalue weighted by Gasteiger charge is 2.22. The Hall–Kier alpha value is -0.450. The number of nitrogens with one attached hydrogen (secondary N) is 1. The molecule has 3 nitrogen and oxygen atoms in total. The summed E-state index contributed by atoms with van der Waals surface area (Å²) in [5, 5.41) is 4.77. The Morgan fingerprint density at radius 3 is 2.94 bits per heavy atom. The molecule has 17 heavy (non-hydrogen) atoms. The molecule has 1 atom stereocenters. The normalized spacial score (nSPS) is 21.9. The molecule has 4 heteroatoms. The van der Waals surface area contributed by atoms with Gasteiger partial charge in [0.15, 0.2) is 0 Å². The lowest BCUT2D eigenvalue weighted by Crippen LogP contribution is -2.50. The van der Waals surface area contributed by atoms with Gasteiger partial charge in [-0.3, -0.25) is 4.90 Å². The van der Waals surface area contributed by atoms with Crippen molar-refractivity contribution >= 4 is 11.3 Å². The summed E-state index contributed by atoms with van der Waals surface area (Å²) in [6.45, 7) is 11.0. The molecule has 0 spiro atoms. The molecule has 1 aromatic heterocycles. The van der Waals surface area contributed by atoms with Crippen molar-refractivity contribution in [3.8, 4) is 0 Å². The van der Waals surface area contributed by atoms with Gasteiger partial charge in [0.05, 0.1) is 12.2 Å². The Bertz CT molecular complexity index is 340. The SMILES string of the molecule is CCCC1CNCCN1Cc1nc(C)c(C)s1. The minimum absolute atomic E-state index is 0.693. The molecule has 0 radical (unpaired) electrons. The number of aryl methyl sites for hydroxylation is 2. The molecular formula is C13H23N3S. The van der Waals surface area contributed by atoms with E-state index in [4.69, 9.17) is 0 Å². The number of hydrogen-bond acceptors (Lipinski definition) is 4. The van der Waals surface area contributed by atoms with Crippen LogP contribution in [0.5, 0.6) is 0 Å². The van der Waals surface area contributed by atoms with Crippen LogP contribution in [0.2, 0.25) is 0 Å². The van der Waals surface area contributed by atoms with Crippen LogP contribution in [0.15, 0.2) is 0 Å². The largest absolute Gasteiger partial charge is 0.314 e. The number of thiazole rings is 1. The first-order chi connectivity index (χ1) is 8.20. The van der Waals surface area contributed by atoms with Gasteiger partial charge < -0.3 is 5.32 Å². The molecule has 1 aliphatic heterocycles. The fourth-order valence-corrected chi connectivity index (χ4v) is 3.37. The minimum Gasteiger partial charge on any atom is -0.314 e. The summed E-state index contributed by atoms with van der Waals surface area (Å²) in [4.78, 5) is 8.61. The highest BCUT2D eigenvalue weighted by Crippen LogP contribution is 2.20. The molecular weight excluding hydrogens is 230 g/mol. The predicted molar refractivity (Wildman–Crippen MR) is 73.6 cm³/mol. The first-order valence-corrected chi connectivity index (χ1v) is 7.40. The van der Waals surface area contributed by atoms with Crippen molar-refractivity contribution in [3.05, 3.63) is 15.6 Å². The summed E-state index contributed by atoms with van der Waals surface area (Å²) in [5.74, 6) is 0. The zero-order valence-corrected chi connectivity index (χ0v) is 11.9. The molecule has 1 unspecified atom stereocenters. The Morgan fingerprint density at radius 1 is 1.47 bits per heavy atom. The van der Waals surface area contributed by atoms with E-state index in [9.17, 15) is 0 Å². The third-order valence-corrected chi connectivity index (χ3v) is 4.56. The molecule has 0 bridgehead atoms. The Morgan fingerprint density at radius 2 is 2.29 bits per heavy atom. The van der Waals surface area contributed by atoms with E-state index in [-0.39, 0.29) is 0 Å². The molecule has 0 saturated carbocycles. The average Bonchev–Trinajstić information content (AvgIpc) is 2.61. The van der Waals surface area contributed by atoms with Gasteiger partial charge in [0.1, 0.15) is 5.01 Å². The van der Waals surface area contributed by atoms with E-state index in [1.807, 2.05) is 11.3 Å². The van der Waals surface area contributed by atoms with Crippen LogP contribution in [-0.2, 0) is 6.54 Å². The van der Waals surface area contributed by atoms with Gasteiger partial charge in [-0.25, -0.2) is 4.98 Å². The van der Waals surface area contributed by atoms with Crippen LogP contribution in [-0.4, -0.2) is 35.6 Å². The lowest BCUT2D eigenvalue weighted by molar-refractivity contribution is 0.144. The van der Waals surface area contributed by atoms with E-state index >= 15 is 0 Å². The molecule has 0 aliphatic carbocycles. The van der Waals surface area contributed by atoms with Gasteiger partial charge in [0.25, 0.3) is 0 Å². The van der Waals surface area contributed by atoms with Gasteiger partial charge in [-0.1, -0.05) is 13.3 Å². The third kappa shape index (κ3) is 3.27. The van der Waals surface area contributed by atoms with E-state index in [0.29, 0.717) is 6.04 Å². The fourth-order valence-electron chi connectivity index (χ4n) is 2.41. The van der Waals surface area contributed by atoms with Gasteiger partial charge >= 0.3 is 0 Å². The molecule has 1 N–H and O–H groups in total. The maximum atomic E-state index is 4.66. The van der Waals surface area contributed by atoms with Crippen molar-refractivity contribution in [2.24, 2.45) is 0 Å². The van der Waals surface area contributed by atoms with Crippen LogP contribution in [0.1, 0.15) is 35.3 Å². The van der Waals surface area contributed by atoms with Gasteiger partial charge in [-0.2, -0.15) is 0 Å². The van der Waals surface area contributed by atoms with Crippen molar-refractivity contribution in [1.82, 2.24) is 15.2 Å². The van der Waals surface area contributed by atoms with Gasteiger partial charge in [-0.05, 0) is 20.3 Å². The van der Waals surface area contributed by atoms with E-state index in [1.165, 1.54) is 28.4 Å². The number of nitrogens with zero attached hydrogens (tertiary/aromatic N) is 2. The van der Waals surface area contributed by atoms with E-state index in [1.54, 1.807) is 0 Å². The van der Waals surface area contributed by atoms with Crippen molar-refractivity contribution in [2.75, 3.05) is 19.6 Å². The smallest absolute Gasteiger partial charge is 0.107 e. The van der Waals surface area contributed by atoms with Crippen LogP contribution >= 0.6 is 11.3 Å². The molecule has 96 valence electrons. The number of rotatable bonds is 4.